The normalized spacial score (nSPS) is 13.9. The highest BCUT2D eigenvalue weighted by atomic mass is 31.2. The second kappa shape index (κ2) is 47.0. The van der Waals surface area contributed by atoms with E-state index in [1.54, 1.807) is 0 Å². The Bertz CT molecular complexity index is 1260. The van der Waals surface area contributed by atoms with Crippen LogP contribution in [0.4, 0.5) is 0 Å². The largest absolute Gasteiger partial charge is 0.472 e. The van der Waals surface area contributed by atoms with Gasteiger partial charge in [0.05, 0.1) is 19.8 Å². The summed E-state index contributed by atoms with van der Waals surface area (Å²) in [5.41, 5.74) is 0. The van der Waals surface area contributed by atoms with Crippen LogP contribution < -0.4 is 0 Å². The van der Waals surface area contributed by atoms with E-state index in [1.165, 1.54) is 70.6 Å². The van der Waals surface area contributed by atoms with E-state index in [9.17, 15) is 28.9 Å². The van der Waals surface area contributed by atoms with Crippen molar-refractivity contribution < 1.29 is 52.2 Å². The van der Waals surface area contributed by atoms with E-state index in [0.29, 0.717) is 19.3 Å². The standard InChI is InChI=1S/C52H93O11P/c1-4-7-10-13-16-19-22-24-27-29-32-35-38-41-50(54)59-45-49(63-52(56)43-40-37-34-31-28-25-23-20-17-14-11-8-5-2)47-61-64(57,58)60-46-48(44-53)62-51(55)42-39-36-33-30-26-21-18-15-12-9-6-3/h8,11,15,17-18,20,25,28,48-49,53H,4-7,9-10,12-14,16,19,21-24,26-27,29-47H2,1-3H3,(H,57,58)/b11-8-,18-15-,20-17-,28-25-. The molecular weight excluding hydrogens is 832 g/mol. The molecule has 0 aliphatic carbocycles. The SMILES string of the molecule is CC/C=C\C/C=C\C/C=C\CCCCCC(=O)OC(COC(=O)CCCCCCCCCCCCCCC)COP(=O)(O)OCC(CO)OC(=O)CCCCCCC/C=C\CCCC. The second-order valence-corrected chi connectivity index (χ2v) is 18.4. The Labute approximate surface area is 390 Å². The number of unbranched alkanes of at least 4 members (excludes halogenated alkanes) is 22. The van der Waals surface area contributed by atoms with Crippen LogP contribution in [0.1, 0.15) is 226 Å². The van der Waals surface area contributed by atoms with Crippen molar-refractivity contribution in [3.63, 3.8) is 0 Å². The lowest BCUT2D eigenvalue weighted by Crippen LogP contribution is -2.30. The van der Waals surface area contributed by atoms with E-state index in [2.05, 4.69) is 69.4 Å². The molecule has 11 nitrogen and oxygen atoms in total. The lowest BCUT2D eigenvalue weighted by molar-refractivity contribution is -0.161. The van der Waals surface area contributed by atoms with Gasteiger partial charge in [0, 0.05) is 19.3 Å². The third-order valence-corrected chi connectivity index (χ3v) is 11.7. The van der Waals surface area contributed by atoms with Gasteiger partial charge in [-0.1, -0.05) is 185 Å². The van der Waals surface area contributed by atoms with Gasteiger partial charge in [-0.15, -0.1) is 0 Å². The Morgan fingerprint density at radius 1 is 0.453 bits per heavy atom. The number of aliphatic hydroxyl groups is 1. The van der Waals surface area contributed by atoms with Crippen molar-refractivity contribution in [2.75, 3.05) is 26.4 Å². The Morgan fingerprint density at radius 3 is 1.33 bits per heavy atom. The van der Waals surface area contributed by atoms with Gasteiger partial charge in [-0.05, 0) is 70.6 Å². The molecule has 0 saturated carbocycles. The molecule has 0 spiro atoms. The number of hydrogen-bond acceptors (Lipinski definition) is 10. The lowest BCUT2D eigenvalue weighted by atomic mass is 10.0. The van der Waals surface area contributed by atoms with Crippen LogP contribution in [0.5, 0.6) is 0 Å². The molecule has 0 amide bonds. The van der Waals surface area contributed by atoms with Gasteiger partial charge in [0.15, 0.2) is 6.10 Å². The zero-order valence-electron chi connectivity index (χ0n) is 40.7. The predicted octanol–water partition coefficient (Wildman–Crippen LogP) is 14.2. The zero-order chi connectivity index (χ0) is 47.0. The number of rotatable bonds is 47. The first-order valence-electron chi connectivity index (χ1n) is 25.5. The van der Waals surface area contributed by atoms with E-state index >= 15 is 0 Å². The van der Waals surface area contributed by atoms with E-state index in [-0.39, 0.29) is 25.9 Å². The van der Waals surface area contributed by atoms with E-state index in [1.807, 2.05) is 0 Å². The molecule has 0 radical (unpaired) electrons. The first-order valence-corrected chi connectivity index (χ1v) is 27.0. The number of allylic oxidation sites excluding steroid dienone is 8. The van der Waals surface area contributed by atoms with Crippen molar-refractivity contribution in [1.82, 2.24) is 0 Å². The van der Waals surface area contributed by atoms with Crippen LogP contribution in [-0.2, 0) is 42.2 Å². The van der Waals surface area contributed by atoms with Crippen molar-refractivity contribution in [3.05, 3.63) is 48.6 Å². The molecule has 372 valence electrons. The predicted molar refractivity (Wildman–Crippen MR) is 261 cm³/mol. The van der Waals surface area contributed by atoms with Crippen LogP contribution in [0, 0.1) is 0 Å². The van der Waals surface area contributed by atoms with Gasteiger partial charge in [-0.2, -0.15) is 0 Å². The van der Waals surface area contributed by atoms with Gasteiger partial charge < -0.3 is 24.2 Å². The Morgan fingerprint density at radius 2 is 0.828 bits per heavy atom. The van der Waals surface area contributed by atoms with Crippen LogP contribution in [0.2, 0.25) is 0 Å². The lowest BCUT2D eigenvalue weighted by Gasteiger charge is -2.21. The minimum Gasteiger partial charge on any atom is -0.462 e. The van der Waals surface area contributed by atoms with Crippen molar-refractivity contribution >= 4 is 25.7 Å². The highest BCUT2D eigenvalue weighted by Crippen LogP contribution is 2.43. The maximum absolute atomic E-state index is 12.8. The third kappa shape index (κ3) is 44.6. The minimum atomic E-state index is -4.74. The second-order valence-electron chi connectivity index (χ2n) is 17.0. The molecule has 0 bridgehead atoms. The molecule has 12 heteroatoms. The zero-order valence-corrected chi connectivity index (χ0v) is 41.6. The van der Waals surface area contributed by atoms with Crippen LogP contribution in [0.3, 0.4) is 0 Å². The molecule has 0 saturated heterocycles. The molecule has 3 atom stereocenters. The summed E-state index contributed by atoms with van der Waals surface area (Å²) in [5.74, 6) is -1.50. The van der Waals surface area contributed by atoms with Crippen LogP contribution in [-0.4, -0.2) is 66.5 Å². The monoisotopic (exact) mass is 925 g/mol. The quantitative estimate of drug-likeness (QED) is 0.0197. The molecule has 0 fully saturated rings. The first kappa shape index (κ1) is 61.4. The fourth-order valence-corrected chi connectivity index (χ4v) is 7.61. The molecule has 0 heterocycles. The maximum Gasteiger partial charge on any atom is 0.472 e. The summed E-state index contributed by atoms with van der Waals surface area (Å²) in [5, 5.41) is 9.75. The Balaban J connectivity index is 4.78. The summed E-state index contributed by atoms with van der Waals surface area (Å²) in [4.78, 5) is 48.2. The summed E-state index contributed by atoms with van der Waals surface area (Å²) < 4.78 is 39.3. The molecule has 0 aliphatic heterocycles. The van der Waals surface area contributed by atoms with E-state index in [4.69, 9.17) is 23.3 Å². The van der Waals surface area contributed by atoms with Gasteiger partial charge >= 0.3 is 25.7 Å². The first-order chi connectivity index (χ1) is 31.2. The van der Waals surface area contributed by atoms with Crippen LogP contribution in [0.25, 0.3) is 0 Å². The third-order valence-electron chi connectivity index (χ3n) is 10.7. The van der Waals surface area contributed by atoms with Crippen LogP contribution in [0.15, 0.2) is 48.6 Å². The van der Waals surface area contributed by atoms with Crippen molar-refractivity contribution in [2.24, 2.45) is 0 Å². The number of carbonyl (C=O) groups excluding carboxylic acids is 3. The molecule has 0 aromatic heterocycles. The number of ether oxygens (including phenoxy) is 3. The number of hydrogen-bond donors (Lipinski definition) is 2. The number of phosphoric ester groups is 1. The molecule has 2 N–H and O–H groups in total. The van der Waals surface area contributed by atoms with Gasteiger partial charge in [-0.3, -0.25) is 23.4 Å². The summed E-state index contributed by atoms with van der Waals surface area (Å²) in [6, 6.07) is 0. The molecular formula is C52H93O11P. The summed E-state index contributed by atoms with van der Waals surface area (Å²) >= 11 is 0. The molecule has 0 aliphatic rings. The fraction of sp³-hybridized carbons (Fsp3) is 0.788. The highest BCUT2D eigenvalue weighted by molar-refractivity contribution is 7.47. The van der Waals surface area contributed by atoms with Crippen molar-refractivity contribution in [3.8, 4) is 0 Å². The molecule has 0 rings (SSSR count). The molecule has 0 aromatic rings. The van der Waals surface area contributed by atoms with Gasteiger partial charge in [0.25, 0.3) is 0 Å². The minimum absolute atomic E-state index is 0.134. The molecule has 64 heavy (non-hydrogen) atoms. The fourth-order valence-electron chi connectivity index (χ4n) is 6.82. The summed E-state index contributed by atoms with van der Waals surface area (Å²) in [6.45, 7) is 4.44. The summed E-state index contributed by atoms with van der Waals surface area (Å²) in [6.07, 6.45) is 46.6. The van der Waals surface area contributed by atoms with Gasteiger partial charge in [0.1, 0.15) is 12.7 Å². The Kier molecular flexibility index (Phi) is 45.1. The maximum atomic E-state index is 12.8. The number of phosphoric acid groups is 1. The smallest absolute Gasteiger partial charge is 0.462 e. The van der Waals surface area contributed by atoms with E-state index < -0.39 is 57.8 Å². The Hall–Kier alpha value is -2.56. The van der Waals surface area contributed by atoms with E-state index in [0.717, 1.165) is 96.3 Å². The number of esters is 3. The molecule has 0 aromatic carbocycles. The number of carbonyl (C=O) groups is 3. The van der Waals surface area contributed by atoms with Crippen molar-refractivity contribution in [1.29, 1.82) is 0 Å². The summed E-state index contributed by atoms with van der Waals surface area (Å²) in [7, 11) is -4.74. The topological polar surface area (TPSA) is 155 Å². The van der Waals surface area contributed by atoms with Gasteiger partial charge in [-0.25, -0.2) is 4.57 Å². The van der Waals surface area contributed by atoms with Gasteiger partial charge in [0.2, 0.25) is 0 Å². The average Bonchev–Trinajstić information content (AvgIpc) is 3.28. The number of aliphatic hydroxyl groups excluding tert-OH is 1. The molecule has 3 unspecified atom stereocenters. The average molecular weight is 925 g/mol. The van der Waals surface area contributed by atoms with Crippen molar-refractivity contribution in [2.45, 2.75) is 238 Å². The van der Waals surface area contributed by atoms with Crippen LogP contribution >= 0.6 is 7.82 Å². The highest BCUT2D eigenvalue weighted by Gasteiger charge is 2.28.